The van der Waals surface area contributed by atoms with E-state index in [4.69, 9.17) is 15.9 Å². The third-order valence-corrected chi connectivity index (χ3v) is 3.38. The highest BCUT2D eigenvalue weighted by molar-refractivity contribution is 5.83. The van der Waals surface area contributed by atoms with Gasteiger partial charge in [-0.25, -0.2) is 0 Å². The first-order valence-corrected chi connectivity index (χ1v) is 7.45. The number of guanidine groups is 1. The number of nitrogens with two attached hydrogens (primary N) is 1. The summed E-state index contributed by atoms with van der Waals surface area (Å²) in [7, 11) is 0. The van der Waals surface area contributed by atoms with Crippen LogP contribution in [0.4, 0.5) is 0 Å². The van der Waals surface area contributed by atoms with Crippen LogP contribution in [-0.4, -0.2) is 19.1 Å². The van der Waals surface area contributed by atoms with E-state index in [0.29, 0.717) is 0 Å². The molecule has 0 aromatic heterocycles. The van der Waals surface area contributed by atoms with E-state index in [9.17, 15) is 0 Å². The van der Waals surface area contributed by atoms with E-state index in [2.05, 4.69) is 29.6 Å². The minimum atomic E-state index is 0.0506. The van der Waals surface area contributed by atoms with Crippen molar-refractivity contribution in [3.63, 3.8) is 0 Å². The van der Waals surface area contributed by atoms with Crippen LogP contribution in [0, 0.1) is 5.41 Å². The smallest absolute Gasteiger partial charge is 0.185 e. The molecule has 2 rings (SSSR count). The molecule has 0 fully saturated rings. The van der Waals surface area contributed by atoms with Gasteiger partial charge in [-0.3, -0.25) is 5.41 Å². The minimum absolute atomic E-state index is 0.0506. The van der Waals surface area contributed by atoms with Crippen molar-refractivity contribution in [2.45, 2.75) is 25.7 Å². The van der Waals surface area contributed by atoms with Crippen molar-refractivity contribution in [1.82, 2.24) is 5.32 Å². The molecular weight excluding hydrogens is 262 g/mol. The molecule has 0 aliphatic carbocycles. The normalized spacial score (nSPS) is 10.5. The van der Waals surface area contributed by atoms with Gasteiger partial charge in [0.05, 0.1) is 6.61 Å². The second-order valence-electron chi connectivity index (χ2n) is 5.11. The zero-order chi connectivity index (χ0) is 14.9. The van der Waals surface area contributed by atoms with Gasteiger partial charge in [-0.1, -0.05) is 43.2 Å². The topological polar surface area (TPSA) is 71.1 Å². The second-order valence-corrected chi connectivity index (χ2v) is 5.11. The summed E-state index contributed by atoms with van der Waals surface area (Å²) in [4.78, 5) is 0. The lowest BCUT2D eigenvalue weighted by Gasteiger charge is -2.07. The van der Waals surface area contributed by atoms with E-state index in [1.165, 1.54) is 10.8 Å². The Labute approximate surface area is 125 Å². The first-order valence-electron chi connectivity index (χ1n) is 7.45. The molecule has 4 N–H and O–H groups in total. The van der Waals surface area contributed by atoms with Crippen molar-refractivity contribution in [2.24, 2.45) is 5.73 Å². The summed E-state index contributed by atoms with van der Waals surface area (Å²) in [6.45, 7) is 1.53. The van der Waals surface area contributed by atoms with E-state index < -0.39 is 0 Å². The number of hydrogen-bond donors (Lipinski definition) is 3. The Hall–Kier alpha value is -2.23. The van der Waals surface area contributed by atoms with Crippen LogP contribution in [0.2, 0.25) is 0 Å². The zero-order valence-corrected chi connectivity index (χ0v) is 12.3. The average molecular weight is 285 g/mol. The van der Waals surface area contributed by atoms with Crippen molar-refractivity contribution in [3.05, 3.63) is 42.5 Å². The number of unbranched alkanes of at least 4 members (excludes halogenated alkanes) is 3. The van der Waals surface area contributed by atoms with E-state index in [1.807, 2.05) is 18.2 Å². The summed E-state index contributed by atoms with van der Waals surface area (Å²) >= 11 is 0. The van der Waals surface area contributed by atoms with E-state index >= 15 is 0 Å². The van der Waals surface area contributed by atoms with Crippen LogP contribution < -0.4 is 15.8 Å². The van der Waals surface area contributed by atoms with Crippen LogP contribution in [-0.2, 0) is 0 Å². The van der Waals surface area contributed by atoms with Crippen LogP contribution in [0.1, 0.15) is 25.7 Å². The Morgan fingerprint density at radius 3 is 2.57 bits per heavy atom. The standard InChI is InChI=1S/C17H23N3O/c18-17(19)20-11-5-1-2-6-12-21-16-10-9-14-7-3-4-8-15(14)13-16/h3-4,7-10,13H,1-2,5-6,11-12H2,(H4,18,19,20). The number of nitrogens with one attached hydrogen (secondary N) is 2. The molecule has 2 aromatic carbocycles. The quantitative estimate of drug-likeness (QED) is 0.396. The maximum absolute atomic E-state index is 7.04. The fraction of sp³-hybridized carbons (Fsp3) is 0.353. The molecule has 0 spiro atoms. The fourth-order valence-corrected chi connectivity index (χ4v) is 2.25. The van der Waals surface area contributed by atoms with Gasteiger partial charge in [0.2, 0.25) is 0 Å². The van der Waals surface area contributed by atoms with Gasteiger partial charge in [0.25, 0.3) is 0 Å². The largest absolute Gasteiger partial charge is 0.494 e. The van der Waals surface area contributed by atoms with Crippen molar-refractivity contribution in [3.8, 4) is 5.75 Å². The van der Waals surface area contributed by atoms with Crippen LogP contribution in [0.3, 0.4) is 0 Å². The first kappa shape index (κ1) is 15.2. The fourth-order valence-electron chi connectivity index (χ4n) is 2.25. The third kappa shape index (κ3) is 5.34. The van der Waals surface area contributed by atoms with E-state index in [1.54, 1.807) is 0 Å². The highest BCUT2D eigenvalue weighted by Gasteiger charge is 1.97. The van der Waals surface area contributed by atoms with Gasteiger partial charge in [0.1, 0.15) is 5.75 Å². The second kappa shape index (κ2) is 8.15. The van der Waals surface area contributed by atoms with Crippen molar-refractivity contribution in [2.75, 3.05) is 13.2 Å². The monoisotopic (exact) mass is 285 g/mol. The predicted octanol–water partition coefficient (Wildman–Crippen LogP) is 3.26. The number of benzene rings is 2. The number of hydrogen-bond acceptors (Lipinski definition) is 2. The molecule has 0 saturated heterocycles. The Balaban J connectivity index is 1.62. The molecule has 0 heterocycles. The third-order valence-electron chi connectivity index (χ3n) is 3.38. The SMILES string of the molecule is N=C(N)NCCCCCCOc1ccc2ccccc2c1. The molecule has 0 unspecified atom stereocenters. The van der Waals surface area contributed by atoms with Crippen LogP contribution in [0.25, 0.3) is 10.8 Å². The maximum atomic E-state index is 7.04. The van der Waals surface area contributed by atoms with Crippen LogP contribution in [0.15, 0.2) is 42.5 Å². The number of ether oxygens (including phenoxy) is 1. The summed E-state index contributed by atoms with van der Waals surface area (Å²) in [5.74, 6) is 0.988. The molecule has 4 heteroatoms. The Bertz CT molecular complexity index is 583. The van der Waals surface area contributed by atoms with Gasteiger partial charge in [-0.05, 0) is 35.7 Å². The molecule has 0 aliphatic rings. The molecule has 0 radical (unpaired) electrons. The molecule has 21 heavy (non-hydrogen) atoms. The molecule has 0 saturated carbocycles. The summed E-state index contributed by atoms with van der Waals surface area (Å²) in [6.07, 6.45) is 4.34. The van der Waals surface area contributed by atoms with Gasteiger partial charge in [-0.2, -0.15) is 0 Å². The number of rotatable bonds is 8. The summed E-state index contributed by atoms with van der Waals surface area (Å²) in [5.41, 5.74) is 5.21. The van der Waals surface area contributed by atoms with E-state index in [-0.39, 0.29) is 5.96 Å². The lowest BCUT2D eigenvalue weighted by molar-refractivity contribution is 0.305. The summed E-state index contributed by atoms with van der Waals surface area (Å²) in [6, 6.07) is 14.5. The Morgan fingerprint density at radius 2 is 1.76 bits per heavy atom. The van der Waals surface area contributed by atoms with Gasteiger partial charge < -0.3 is 15.8 Å². The first-order chi connectivity index (χ1) is 10.3. The average Bonchev–Trinajstić information content (AvgIpc) is 2.49. The maximum Gasteiger partial charge on any atom is 0.185 e. The van der Waals surface area contributed by atoms with Crippen LogP contribution >= 0.6 is 0 Å². The predicted molar refractivity (Wildman–Crippen MR) is 87.8 cm³/mol. The lowest BCUT2D eigenvalue weighted by Crippen LogP contribution is -2.30. The minimum Gasteiger partial charge on any atom is -0.494 e. The molecule has 0 bridgehead atoms. The highest BCUT2D eigenvalue weighted by atomic mass is 16.5. The number of fused-ring (bicyclic) bond motifs is 1. The summed E-state index contributed by atoms with van der Waals surface area (Å²) < 4.78 is 5.79. The van der Waals surface area contributed by atoms with Gasteiger partial charge >= 0.3 is 0 Å². The Kier molecular flexibility index (Phi) is 5.88. The van der Waals surface area contributed by atoms with Crippen molar-refractivity contribution in [1.29, 1.82) is 5.41 Å². The molecule has 0 amide bonds. The Morgan fingerprint density at radius 1 is 1.00 bits per heavy atom. The zero-order valence-electron chi connectivity index (χ0n) is 12.3. The molecule has 0 atom stereocenters. The molecule has 0 aliphatic heterocycles. The molecule has 2 aromatic rings. The van der Waals surface area contributed by atoms with Gasteiger partial charge in [0, 0.05) is 6.54 Å². The molecular formula is C17H23N3O. The highest BCUT2D eigenvalue weighted by Crippen LogP contribution is 2.20. The summed E-state index contributed by atoms with van der Waals surface area (Å²) in [5, 5.41) is 12.3. The van der Waals surface area contributed by atoms with Gasteiger partial charge in [-0.15, -0.1) is 0 Å². The van der Waals surface area contributed by atoms with E-state index in [0.717, 1.165) is 44.6 Å². The van der Waals surface area contributed by atoms with Crippen molar-refractivity contribution < 1.29 is 4.74 Å². The van der Waals surface area contributed by atoms with Crippen molar-refractivity contribution >= 4 is 16.7 Å². The lowest BCUT2D eigenvalue weighted by atomic mass is 10.1. The van der Waals surface area contributed by atoms with Gasteiger partial charge in [0.15, 0.2) is 5.96 Å². The molecule has 4 nitrogen and oxygen atoms in total. The molecule has 112 valence electrons. The van der Waals surface area contributed by atoms with Crippen LogP contribution in [0.5, 0.6) is 5.75 Å².